The van der Waals surface area contributed by atoms with Crippen LogP contribution in [0.5, 0.6) is 5.75 Å². The molecule has 4 aromatic rings. The Bertz CT molecular complexity index is 1340. The van der Waals surface area contributed by atoms with E-state index in [2.05, 4.69) is 0 Å². The van der Waals surface area contributed by atoms with Gasteiger partial charge in [-0.2, -0.15) is 0 Å². The molecule has 34 heavy (non-hydrogen) atoms. The second kappa shape index (κ2) is 10.0. The first-order valence-corrected chi connectivity index (χ1v) is 12.5. The van der Waals surface area contributed by atoms with Gasteiger partial charge in [-0.3, -0.25) is 9.36 Å². The van der Waals surface area contributed by atoms with Crippen LogP contribution in [0.4, 0.5) is 0 Å². The van der Waals surface area contributed by atoms with Crippen LogP contribution in [0.25, 0.3) is 22.4 Å². The Morgan fingerprint density at radius 2 is 1.97 bits per heavy atom. The number of benzene rings is 2. The minimum Gasteiger partial charge on any atom is -0.494 e. The molecule has 1 aliphatic rings. The fraction of sp³-hybridized carbons (Fsp3) is 0.346. The maximum Gasteiger partial charge on any atom is 0.262 e. The number of hydrogen-bond acceptors (Lipinski definition) is 7. The summed E-state index contributed by atoms with van der Waals surface area (Å²) in [5.41, 5.74) is 2.39. The summed E-state index contributed by atoms with van der Waals surface area (Å²) >= 11 is 1.50. The molecule has 2 aromatic carbocycles. The van der Waals surface area contributed by atoms with Crippen molar-refractivity contribution in [2.24, 2.45) is 0 Å². The van der Waals surface area contributed by atoms with Gasteiger partial charge in [0.15, 0.2) is 5.16 Å². The molecule has 1 saturated heterocycles. The molecule has 8 heteroatoms. The van der Waals surface area contributed by atoms with Gasteiger partial charge in [0.05, 0.1) is 35.9 Å². The third kappa shape index (κ3) is 4.74. The largest absolute Gasteiger partial charge is 0.494 e. The normalized spacial score (nSPS) is 15.8. The molecule has 7 nitrogen and oxygen atoms in total. The van der Waals surface area contributed by atoms with Crippen molar-refractivity contribution in [3.05, 3.63) is 70.3 Å². The van der Waals surface area contributed by atoms with Crippen LogP contribution in [0.3, 0.4) is 0 Å². The standard InChI is InChI=1S/C26H27N3O4S/c1-3-31-19-12-10-18(11-13-19)24-27-23(17(2)33-24)16-34-26-28-22-9-5-4-8-21(22)25(30)29(26)15-20-7-6-14-32-20/h4-5,8-13,20H,3,6-7,14-16H2,1-2H3/t20-/m0/s1. The lowest BCUT2D eigenvalue weighted by atomic mass is 10.2. The molecular formula is C26H27N3O4S. The quantitative estimate of drug-likeness (QED) is 0.254. The minimum atomic E-state index is -0.0319. The fourth-order valence-electron chi connectivity index (χ4n) is 4.09. The number of para-hydroxylation sites is 1. The molecule has 176 valence electrons. The highest BCUT2D eigenvalue weighted by Crippen LogP contribution is 2.29. The molecule has 2 aromatic heterocycles. The molecule has 1 aliphatic heterocycles. The van der Waals surface area contributed by atoms with E-state index >= 15 is 0 Å². The maximum absolute atomic E-state index is 13.3. The van der Waals surface area contributed by atoms with E-state index in [0.717, 1.165) is 42.2 Å². The van der Waals surface area contributed by atoms with Crippen LogP contribution in [0, 0.1) is 6.92 Å². The number of ether oxygens (including phenoxy) is 2. The van der Waals surface area contributed by atoms with Crippen molar-refractivity contribution in [3.8, 4) is 17.2 Å². The summed E-state index contributed by atoms with van der Waals surface area (Å²) in [7, 11) is 0. The van der Waals surface area contributed by atoms with Gasteiger partial charge in [-0.05, 0) is 63.1 Å². The Kier molecular flexibility index (Phi) is 6.69. The zero-order valence-corrected chi connectivity index (χ0v) is 20.1. The zero-order chi connectivity index (χ0) is 23.5. The molecule has 1 atom stereocenters. The van der Waals surface area contributed by atoms with Crippen molar-refractivity contribution < 1.29 is 13.9 Å². The van der Waals surface area contributed by atoms with E-state index in [9.17, 15) is 4.79 Å². The fourth-order valence-corrected chi connectivity index (χ4v) is 5.10. The highest BCUT2D eigenvalue weighted by atomic mass is 32.2. The first-order valence-electron chi connectivity index (χ1n) is 11.6. The van der Waals surface area contributed by atoms with Crippen molar-refractivity contribution in [2.75, 3.05) is 13.2 Å². The van der Waals surface area contributed by atoms with Gasteiger partial charge in [-0.25, -0.2) is 9.97 Å². The highest BCUT2D eigenvalue weighted by Gasteiger charge is 2.21. The van der Waals surface area contributed by atoms with Crippen molar-refractivity contribution in [1.29, 1.82) is 0 Å². The van der Waals surface area contributed by atoms with Crippen LogP contribution in [-0.2, 0) is 17.0 Å². The van der Waals surface area contributed by atoms with Gasteiger partial charge in [-0.15, -0.1) is 0 Å². The Labute approximate surface area is 202 Å². The Morgan fingerprint density at radius 1 is 1.15 bits per heavy atom. The monoisotopic (exact) mass is 477 g/mol. The third-order valence-corrected chi connectivity index (χ3v) is 6.87. The molecular weight excluding hydrogens is 450 g/mol. The van der Waals surface area contributed by atoms with E-state index in [1.165, 1.54) is 11.8 Å². The summed E-state index contributed by atoms with van der Waals surface area (Å²) in [6.45, 7) is 5.75. The van der Waals surface area contributed by atoms with Crippen LogP contribution in [0.1, 0.15) is 31.2 Å². The number of oxazole rings is 1. The molecule has 0 unspecified atom stereocenters. The molecule has 0 saturated carbocycles. The summed E-state index contributed by atoms with van der Waals surface area (Å²) in [4.78, 5) is 22.8. The van der Waals surface area contributed by atoms with E-state index in [1.54, 1.807) is 4.57 Å². The first kappa shape index (κ1) is 22.7. The zero-order valence-electron chi connectivity index (χ0n) is 19.3. The van der Waals surface area contributed by atoms with Crippen LogP contribution < -0.4 is 10.3 Å². The molecule has 3 heterocycles. The molecule has 0 amide bonds. The lowest BCUT2D eigenvalue weighted by molar-refractivity contribution is 0.0937. The first-order chi connectivity index (χ1) is 16.6. The molecule has 0 aliphatic carbocycles. The molecule has 0 spiro atoms. The van der Waals surface area contributed by atoms with Crippen LogP contribution in [0.15, 0.2) is 62.9 Å². The van der Waals surface area contributed by atoms with Gasteiger partial charge in [0, 0.05) is 17.9 Å². The lowest BCUT2D eigenvalue weighted by Crippen LogP contribution is -2.28. The van der Waals surface area contributed by atoms with E-state index in [1.807, 2.05) is 62.4 Å². The second-order valence-corrected chi connectivity index (χ2v) is 9.17. The summed E-state index contributed by atoms with van der Waals surface area (Å²) in [6, 6.07) is 15.2. The van der Waals surface area contributed by atoms with Gasteiger partial charge in [0.25, 0.3) is 5.56 Å². The lowest BCUT2D eigenvalue weighted by Gasteiger charge is -2.16. The predicted octanol–water partition coefficient (Wildman–Crippen LogP) is 5.23. The SMILES string of the molecule is CCOc1ccc(-c2nc(CSc3nc4ccccc4c(=O)n3C[C@@H]3CCCO3)c(C)o2)cc1. The number of aryl methyl sites for hydroxylation is 1. The molecule has 1 fully saturated rings. The number of fused-ring (bicyclic) bond motifs is 1. The Balaban J connectivity index is 1.40. The number of thioether (sulfide) groups is 1. The van der Waals surface area contributed by atoms with Crippen molar-refractivity contribution in [2.45, 2.75) is 50.2 Å². The average Bonchev–Trinajstić information content (AvgIpc) is 3.50. The average molecular weight is 478 g/mol. The van der Waals surface area contributed by atoms with E-state index < -0.39 is 0 Å². The smallest absolute Gasteiger partial charge is 0.262 e. The van der Waals surface area contributed by atoms with Crippen LogP contribution in [-0.4, -0.2) is 33.9 Å². The van der Waals surface area contributed by atoms with E-state index in [-0.39, 0.29) is 11.7 Å². The second-order valence-electron chi connectivity index (χ2n) is 8.23. The summed E-state index contributed by atoms with van der Waals surface area (Å²) in [5, 5.41) is 1.30. The number of rotatable bonds is 8. The molecule has 0 N–H and O–H groups in total. The topological polar surface area (TPSA) is 79.4 Å². The van der Waals surface area contributed by atoms with Crippen LogP contribution in [0.2, 0.25) is 0 Å². The summed E-state index contributed by atoms with van der Waals surface area (Å²) < 4.78 is 19.0. The van der Waals surface area contributed by atoms with Crippen molar-refractivity contribution in [3.63, 3.8) is 0 Å². The third-order valence-electron chi connectivity index (χ3n) is 5.88. The van der Waals surface area contributed by atoms with Gasteiger partial charge < -0.3 is 13.9 Å². The van der Waals surface area contributed by atoms with Gasteiger partial charge in [-0.1, -0.05) is 23.9 Å². The van der Waals surface area contributed by atoms with E-state index in [0.29, 0.717) is 40.9 Å². The van der Waals surface area contributed by atoms with Gasteiger partial charge in [0.2, 0.25) is 5.89 Å². The predicted molar refractivity (Wildman–Crippen MR) is 132 cm³/mol. The van der Waals surface area contributed by atoms with E-state index in [4.69, 9.17) is 23.9 Å². The summed E-state index contributed by atoms with van der Waals surface area (Å²) in [5.74, 6) is 2.68. The maximum atomic E-state index is 13.3. The Hall–Kier alpha value is -3.10. The van der Waals surface area contributed by atoms with Gasteiger partial charge in [0.1, 0.15) is 11.5 Å². The molecule has 5 rings (SSSR count). The Morgan fingerprint density at radius 3 is 2.74 bits per heavy atom. The number of hydrogen-bond donors (Lipinski definition) is 0. The van der Waals surface area contributed by atoms with Crippen LogP contribution >= 0.6 is 11.8 Å². The van der Waals surface area contributed by atoms with Crippen molar-refractivity contribution >= 4 is 22.7 Å². The van der Waals surface area contributed by atoms with Crippen molar-refractivity contribution in [1.82, 2.24) is 14.5 Å². The summed E-state index contributed by atoms with van der Waals surface area (Å²) in [6.07, 6.45) is 2.02. The molecule has 0 radical (unpaired) electrons. The van der Waals surface area contributed by atoms with Gasteiger partial charge >= 0.3 is 0 Å². The highest BCUT2D eigenvalue weighted by molar-refractivity contribution is 7.98. The number of nitrogens with zero attached hydrogens (tertiary/aromatic N) is 3. The minimum absolute atomic E-state index is 0.0319. The number of aromatic nitrogens is 3. The molecule has 0 bridgehead atoms.